The molecule has 0 amide bonds. The van der Waals surface area contributed by atoms with E-state index in [1.165, 1.54) is 64.6 Å². The third-order valence-electron chi connectivity index (χ3n) is 4.87. The molecule has 2 N–H and O–H groups in total. The van der Waals surface area contributed by atoms with Crippen LogP contribution >= 0.6 is 24.8 Å². The largest absolute Gasteiger partial charge is 0.328 e. The highest BCUT2D eigenvalue weighted by Crippen LogP contribution is 2.25. The lowest BCUT2D eigenvalue weighted by atomic mass is 9.86. The molecule has 1 saturated heterocycles. The van der Waals surface area contributed by atoms with Gasteiger partial charge in [0.05, 0.1) is 0 Å². The van der Waals surface area contributed by atoms with Crippen LogP contribution < -0.4 is 5.73 Å². The van der Waals surface area contributed by atoms with Crippen molar-refractivity contribution in [3.63, 3.8) is 0 Å². The van der Waals surface area contributed by atoms with E-state index in [1.54, 1.807) is 0 Å². The average Bonchev–Trinajstić information content (AvgIpc) is 2.58. The van der Waals surface area contributed by atoms with E-state index in [-0.39, 0.29) is 24.8 Å². The number of halogens is 2. The number of likely N-dealkylation sites (tertiary alicyclic amines) is 1. The summed E-state index contributed by atoms with van der Waals surface area (Å²) in [5, 5.41) is 0. The zero-order valence-corrected chi connectivity index (χ0v) is 14.7. The van der Waals surface area contributed by atoms with Gasteiger partial charge in [0.15, 0.2) is 0 Å². The van der Waals surface area contributed by atoms with Gasteiger partial charge in [-0.15, -0.1) is 24.8 Å². The zero-order chi connectivity index (χ0) is 13.0. The standard InChI is InChI=1S/C15H31N3.2ClH/c1-17(2)15-5-3-4-10-18(12-15)11-13-6-8-14(16)9-7-13;;/h13-15H,3-12,16H2,1-2H3;2*1H/t13?,14?,15-;;/m0../s1. The van der Waals surface area contributed by atoms with Crippen LogP contribution in [-0.2, 0) is 0 Å². The smallest absolute Gasteiger partial charge is 0.0217 e. The molecule has 2 fully saturated rings. The van der Waals surface area contributed by atoms with Gasteiger partial charge >= 0.3 is 0 Å². The van der Waals surface area contributed by atoms with Crippen molar-refractivity contribution in [2.24, 2.45) is 11.7 Å². The van der Waals surface area contributed by atoms with Crippen LogP contribution in [0.1, 0.15) is 44.9 Å². The highest BCUT2D eigenvalue weighted by molar-refractivity contribution is 5.85. The Labute approximate surface area is 137 Å². The molecule has 122 valence electrons. The Kier molecular flexibility index (Phi) is 10.5. The van der Waals surface area contributed by atoms with Crippen LogP contribution in [0.4, 0.5) is 0 Å². The molecule has 1 heterocycles. The van der Waals surface area contributed by atoms with Gasteiger partial charge in [-0.25, -0.2) is 0 Å². The molecular weight excluding hydrogens is 293 g/mol. The molecule has 1 aliphatic heterocycles. The zero-order valence-electron chi connectivity index (χ0n) is 13.1. The Morgan fingerprint density at radius 2 is 1.65 bits per heavy atom. The number of likely N-dealkylation sites (N-methyl/N-ethyl adjacent to an activating group) is 1. The van der Waals surface area contributed by atoms with Crippen LogP contribution in [0.25, 0.3) is 0 Å². The number of rotatable bonds is 3. The molecule has 1 aliphatic carbocycles. The topological polar surface area (TPSA) is 32.5 Å². The monoisotopic (exact) mass is 325 g/mol. The molecule has 1 saturated carbocycles. The van der Waals surface area contributed by atoms with Crippen LogP contribution in [-0.4, -0.2) is 55.6 Å². The van der Waals surface area contributed by atoms with Gasteiger partial charge in [0.1, 0.15) is 0 Å². The van der Waals surface area contributed by atoms with Crippen LogP contribution in [0.15, 0.2) is 0 Å². The van der Waals surface area contributed by atoms with Gasteiger partial charge < -0.3 is 15.5 Å². The van der Waals surface area contributed by atoms with E-state index in [0.717, 1.165) is 12.0 Å². The first-order chi connectivity index (χ1) is 8.65. The Bertz CT molecular complexity index is 243. The Morgan fingerprint density at radius 1 is 1.00 bits per heavy atom. The minimum Gasteiger partial charge on any atom is -0.328 e. The van der Waals surface area contributed by atoms with Crippen LogP contribution in [0.5, 0.6) is 0 Å². The lowest BCUT2D eigenvalue weighted by molar-refractivity contribution is 0.159. The molecule has 0 radical (unpaired) electrons. The Balaban J connectivity index is 0.00000180. The first kappa shape index (κ1) is 20.5. The van der Waals surface area contributed by atoms with E-state index in [2.05, 4.69) is 23.9 Å². The third kappa shape index (κ3) is 6.48. The fourth-order valence-corrected chi connectivity index (χ4v) is 3.52. The van der Waals surface area contributed by atoms with E-state index < -0.39 is 0 Å². The van der Waals surface area contributed by atoms with E-state index in [9.17, 15) is 0 Å². The van der Waals surface area contributed by atoms with Gasteiger partial charge in [-0.3, -0.25) is 0 Å². The fraction of sp³-hybridized carbons (Fsp3) is 1.00. The predicted octanol–water partition coefficient (Wildman–Crippen LogP) is 2.76. The van der Waals surface area contributed by atoms with Crippen molar-refractivity contribution in [2.45, 2.75) is 57.0 Å². The Morgan fingerprint density at radius 3 is 2.25 bits per heavy atom. The predicted molar refractivity (Wildman–Crippen MR) is 92.2 cm³/mol. The second-order valence-corrected chi connectivity index (χ2v) is 6.65. The summed E-state index contributed by atoms with van der Waals surface area (Å²) in [7, 11) is 4.46. The lowest BCUT2D eigenvalue weighted by Crippen LogP contribution is -2.41. The van der Waals surface area contributed by atoms with Gasteiger partial charge in [-0.05, 0) is 65.1 Å². The highest BCUT2D eigenvalue weighted by atomic mass is 35.5. The molecule has 20 heavy (non-hydrogen) atoms. The maximum Gasteiger partial charge on any atom is 0.0217 e. The fourth-order valence-electron chi connectivity index (χ4n) is 3.52. The Hall–Kier alpha value is 0.460. The maximum absolute atomic E-state index is 6.00. The van der Waals surface area contributed by atoms with E-state index in [0.29, 0.717) is 6.04 Å². The van der Waals surface area contributed by atoms with Gasteiger partial charge in [-0.2, -0.15) is 0 Å². The lowest BCUT2D eigenvalue weighted by Gasteiger charge is -2.33. The quantitative estimate of drug-likeness (QED) is 0.866. The van der Waals surface area contributed by atoms with Crippen molar-refractivity contribution in [3.05, 3.63) is 0 Å². The van der Waals surface area contributed by atoms with Gasteiger partial charge in [0.25, 0.3) is 0 Å². The molecule has 0 spiro atoms. The maximum atomic E-state index is 6.00. The van der Waals surface area contributed by atoms with E-state index >= 15 is 0 Å². The molecule has 5 heteroatoms. The second kappa shape index (κ2) is 10.2. The molecule has 2 aliphatic rings. The summed E-state index contributed by atoms with van der Waals surface area (Å²) in [5.74, 6) is 0.908. The summed E-state index contributed by atoms with van der Waals surface area (Å²) >= 11 is 0. The number of nitrogens with zero attached hydrogens (tertiary/aromatic N) is 2. The molecule has 1 atom stereocenters. The van der Waals surface area contributed by atoms with Gasteiger partial charge in [0.2, 0.25) is 0 Å². The molecular formula is C15H33Cl2N3. The summed E-state index contributed by atoms with van der Waals surface area (Å²) in [4.78, 5) is 5.13. The van der Waals surface area contributed by atoms with Gasteiger partial charge in [0, 0.05) is 25.2 Å². The summed E-state index contributed by atoms with van der Waals surface area (Å²) in [6.07, 6.45) is 9.35. The van der Waals surface area contributed by atoms with Crippen molar-refractivity contribution >= 4 is 24.8 Å². The molecule has 0 aromatic heterocycles. The van der Waals surface area contributed by atoms with Crippen molar-refractivity contribution in [1.29, 1.82) is 0 Å². The third-order valence-corrected chi connectivity index (χ3v) is 4.87. The normalized spacial score (nSPS) is 32.1. The first-order valence-electron chi connectivity index (χ1n) is 7.79. The summed E-state index contributed by atoms with van der Waals surface area (Å²) < 4.78 is 0. The van der Waals surface area contributed by atoms with Crippen molar-refractivity contribution in [2.75, 3.05) is 33.7 Å². The summed E-state index contributed by atoms with van der Waals surface area (Å²) in [6, 6.07) is 1.25. The van der Waals surface area contributed by atoms with Gasteiger partial charge in [-0.1, -0.05) is 6.42 Å². The van der Waals surface area contributed by atoms with Crippen LogP contribution in [0, 0.1) is 5.92 Å². The summed E-state index contributed by atoms with van der Waals surface area (Å²) in [5.41, 5.74) is 6.00. The number of hydrogen-bond donors (Lipinski definition) is 1. The minimum atomic E-state index is 0. The molecule has 0 aromatic rings. The van der Waals surface area contributed by atoms with Crippen molar-refractivity contribution in [3.8, 4) is 0 Å². The average molecular weight is 326 g/mol. The van der Waals surface area contributed by atoms with Crippen LogP contribution in [0.3, 0.4) is 0 Å². The highest BCUT2D eigenvalue weighted by Gasteiger charge is 2.24. The van der Waals surface area contributed by atoms with Crippen molar-refractivity contribution in [1.82, 2.24) is 9.80 Å². The molecule has 0 aromatic carbocycles. The summed E-state index contributed by atoms with van der Waals surface area (Å²) in [6.45, 7) is 3.90. The first-order valence-corrected chi connectivity index (χ1v) is 7.79. The molecule has 0 bridgehead atoms. The van der Waals surface area contributed by atoms with Crippen molar-refractivity contribution < 1.29 is 0 Å². The number of nitrogens with two attached hydrogens (primary N) is 1. The van der Waals surface area contributed by atoms with E-state index in [1.807, 2.05) is 0 Å². The molecule has 0 unspecified atom stereocenters. The molecule has 3 nitrogen and oxygen atoms in total. The van der Waals surface area contributed by atoms with Crippen LogP contribution in [0.2, 0.25) is 0 Å². The second-order valence-electron chi connectivity index (χ2n) is 6.65. The minimum absolute atomic E-state index is 0. The molecule has 2 rings (SSSR count). The SMILES string of the molecule is CN(C)[C@H]1CCCCN(CC2CCC(N)CC2)C1.Cl.Cl. The number of hydrogen-bond acceptors (Lipinski definition) is 3. The van der Waals surface area contributed by atoms with E-state index in [4.69, 9.17) is 5.73 Å².